The van der Waals surface area contributed by atoms with E-state index in [0.717, 1.165) is 12.0 Å². The summed E-state index contributed by atoms with van der Waals surface area (Å²) in [5, 5.41) is 0.473. The molecule has 1 amide bonds. The van der Waals surface area contributed by atoms with Crippen LogP contribution in [0.15, 0.2) is 53.4 Å². The molecule has 0 unspecified atom stereocenters. The molecule has 1 saturated heterocycles. The van der Waals surface area contributed by atoms with Crippen molar-refractivity contribution in [2.45, 2.75) is 17.4 Å². The molecule has 0 N–H and O–H groups in total. The minimum atomic E-state index is -3.74. The van der Waals surface area contributed by atoms with E-state index in [4.69, 9.17) is 11.6 Å². The minimum absolute atomic E-state index is 0.121. The number of halogens is 1. The summed E-state index contributed by atoms with van der Waals surface area (Å²) < 4.78 is 27.2. The molecule has 1 atom stereocenters. The Bertz CT molecular complexity index is 928. The van der Waals surface area contributed by atoms with E-state index in [1.54, 1.807) is 17.0 Å². The molecule has 7 heteroatoms. The standard InChI is InChI=1S/C18H17ClN2O3S/c19-14-5-7-15(8-6-14)25(23,24)20-11-17-16-4-2-1-3-13(16)9-10-21(17)18(22)12-20/h1-8,17H,9-12H2/t17-/m0/s1. The van der Waals surface area contributed by atoms with Crippen molar-refractivity contribution in [1.82, 2.24) is 9.21 Å². The molecule has 4 rings (SSSR count). The van der Waals surface area contributed by atoms with Gasteiger partial charge in [0.05, 0.1) is 17.5 Å². The van der Waals surface area contributed by atoms with Crippen molar-refractivity contribution in [3.05, 3.63) is 64.7 Å². The Hall–Kier alpha value is -1.89. The molecule has 25 heavy (non-hydrogen) atoms. The molecule has 130 valence electrons. The normalized spacial score (nSPS) is 20.9. The van der Waals surface area contributed by atoms with Crippen molar-refractivity contribution >= 4 is 27.5 Å². The van der Waals surface area contributed by atoms with Gasteiger partial charge >= 0.3 is 0 Å². The Balaban J connectivity index is 1.70. The number of hydrogen-bond acceptors (Lipinski definition) is 3. The molecular weight excluding hydrogens is 360 g/mol. The smallest absolute Gasteiger partial charge is 0.243 e. The summed E-state index contributed by atoms with van der Waals surface area (Å²) in [4.78, 5) is 14.5. The second-order valence-electron chi connectivity index (χ2n) is 6.30. The van der Waals surface area contributed by atoms with Crippen molar-refractivity contribution in [2.75, 3.05) is 19.6 Å². The van der Waals surface area contributed by atoms with E-state index in [9.17, 15) is 13.2 Å². The number of piperazine rings is 1. The van der Waals surface area contributed by atoms with E-state index in [-0.39, 0.29) is 29.9 Å². The van der Waals surface area contributed by atoms with E-state index >= 15 is 0 Å². The van der Waals surface area contributed by atoms with E-state index in [1.165, 1.54) is 22.0 Å². The second-order valence-corrected chi connectivity index (χ2v) is 8.68. The van der Waals surface area contributed by atoms with Crippen LogP contribution in [-0.2, 0) is 21.2 Å². The van der Waals surface area contributed by atoms with E-state index in [2.05, 4.69) is 0 Å². The Kier molecular flexibility index (Phi) is 4.06. The predicted octanol–water partition coefficient (Wildman–Crippen LogP) is 2.47. The van der Waals surface area contributed by atoms with Crippen LogP contribution < -0.4 is 0 Å². The van der Waals surface area contributed by atoms with Gasteiger partial charge in [-0.2, -0.15) is 4.31 Å². The summed E-state index contributed by atoms with van der Waals surface area (Å²) in [6, 6.07) is 13.7. The highest BCUT2D eigenvalue weighted by molar-refractivity contribution is 7.89. The van der Waals surface area contributed by atoms with Gasteiger partial charge < -0.3 is 4.90 Å². The zero-order valence-electron chi connectivity index (χ0n) is 13.4. The van der Waals surface area contributed by atoms with Gasteiger partial charge in [0.1, 0.15) is 0 Å². The fourth-order valence-corrected chi connectivity index (χ4v) is 5.11. The van der Waals surface area contributed by atoms with Crippen LogP contribution in [0.3, 0.4) is 0 Å². The predicted molar refractivity (Wildman–Crippen MR) is 94.8 cm³/mol. The molecule has 0 aliphatic carbocycles. The lowest BCUT2D eigenvalue weighted by molar-refractivity contribution is -0.138. The summed E-state index contributed by atoms with van der Waals surface area (Å²) in [5.74, 6) is -0.150. The summed E-state index contributed by atoms with van der Waals surface area (Å²) in [7, 11) is -3.74. The van der Waals surface area contributed by atoms with Crippen LogP contribution >= 0.6 is 11.6 Å². The van der Waals surface area contributed by atoms with E-state index in [0.29, 0.717) is 11.6 Å². The number of nitrogens with zero attached hydrogens (tertiary/aromatic N) is 2. The first-order valence-corrected chi connectivity index (χ1v) is 9.91. The Morgan fingerprint density at radius 2 is 1.76 bits per heavy atom. The molecule has 0 spiro atoms. The Morgan fingerprint density at radius 3 is 2.52 bits per heavy atom. The molecule has 0 saturated carbocycles. The number of amides is 1. The molecule has 2 aliphatic heterocycles. The van der Waals surface area contributed by atoms with Gasteiger partial charge in [-0.1, -0.05) is 35.9 Å². The maximum absolute atomic E-state index is 12.9. The van der Waals surface area contributed by atoms with Crippen molar-refractivity contribution < 1.29 is 13.2 Å². The quantitative estimate of drug-likeness (QED) is 0.809. The molecule has 0 bridgehead atoms. The maximum atomic E-state index is 12.9. The third-order valence-electron chi connectivity index (χ3n) is 4.87. The highest BCUT2D eigenvalue weighted by atomic mass is 35.5. The zero-order chi connectivity index (χ0) is 17.6. The van der Waals surface area contributed by atoms with Crippen LogP contribution in [-0.4, -0.2) is 43.2 Å². The summed E-state index contributed by atoms with van der Waals surface area (Å²) in [5.41, 5.74) is 2.22. The third-order valence-corrected chi connectivity index (χ3v) is 6.95. The van der Waals surface area contributed by atoms with Crippen molar-refractivity contribution in [3.63, 3.8) is 0 Å². The zero-order valence-corrected chi connectivity index (χ0v) is 15.0. The highest BCUT2D eigenvalue weighted by Gasteiger charge is 2.41. The van der Waals surface area contributed by atoms with Gasteiger partial charge in [0, 0.05) is 18.1 Å². The fourth-order valence-electron chi connectivity index (χ4n) is 3.58. The first kappa shape index (κ1) is 16.6. The number of sulfonamides is 1. The Morgan fingerprint density at radius 1 is 1.04 bits per heavy atom. The van der Waals surface area contributed by atoms with E-state index in [1.807, 2.05) is 24.3 Å². The highest BCUT2D eigenvalue weighted by Crippen LogP contribution is 2.34. The summed E-state index contributed by atoms with van der Waals surface area (Å²) in [6.45, 7) is 0.784. The molecule has 2 heterocycles. The maximum Gasteiger partial charge on any atom is 0.243 e. The molecule has 2 aromatic carbocycles. The van der Waals surface area contributed by atoms with Crippen molar-refractivity contribution in [2.24, 2.45) is 0 Å². The Labute approximate surface area is 151 Å². The monoisotopic (exact) mass is 376 g/mol. The van der Waals surface area contributed by atoms with Crippen molar-refractivity contribution in [1.29, 1.82) is 0 Å². The average molecular weight is 377 g/mol. The van der Waals surface area contributed by atoms with Gasteiger partial charge in [-0.15, -0.1) is 0 Å². The molecule has 1 fully saturated rings. The summed E-state index contributed by atoms with van der Waals surface area (Å²) >= 11 is 5.85. The lowest BCUT2D eigenvalue weighted by atomic mass is 9.91. The first-order valence-electron chi connectivity index (χ1n) is 8.10. The van der Waals surface area contributed by atoms with Crippen LogP contribution in [0.25, 0.3) is 0 Å². The average Bonchev–Trinajstić information content (AvgIpc) is 2.62. The molecule has 0 radical (unpaired) electrons. The van der Waals surface area contributed by atoms with Gasteiger partial charge in [0.15, 0.2) is 0 Å². The number of carbonyl (C=O) groups is 1. The molecule has 0 aromatic heterocycles. The van der Waals surface area contributed by atoms with Gasteiger partial charge in [-0.05, 0) is 41.8 Å². The number of fused-ring (bicyclic) bond motifs is 3. The van der Waals surface area contributed by atoms with Crippen LogP contribution in [0.5, 0.6) is 0 Å². The van der Waals surface area contributed by atoms with Crippen LogP contribution in [0.2, 0.25) is 5.02 Å². The van der Waals surface area contributed by atoms with E-state index < -0.39 is 10.0 Å². The second kappa shape index (κ2) is 6.12. The number of hydrogen-bond donors (Lipinski definition) is 0. The lowest BCUT2D eigenvalue weighted by Gasteiger charge is -2.44. The molecular formula is C18H17ClN2O3S. The minimum Gasteiger partial charge on any atom is -0.333 e. The van der Waals surface area contributed by atoms with Gasteiger partial charge in [0.25, 0.3) is 0 Å². The largest absolute Gasteiger partial charge is 0.333 e. The molecule has 5 nitrogen and oxygen atoms in total. The van der Waals surface area contributed by atoms with Gasteiger partial charge in [-0.25, -0.2) is 8.42 Å². The third kappa shape index (κ3) is 2.84. The molecule has 2 aliphatic rings. The fraction of sp³-hybridized carbons (Fsp3) is 0.278. The number of benzene rings is 2. The first-order chi connectivity index (χ1) is 12.0. The van der Waals surface area contributed by atoms with Crippen LogP contribution in [0, 0.1) is 0 Å². The number of rotatable bonds is 2. The summed E-state index contributed by atoms with van der Waals surface area (Å²) in [6.07, 6.45) is 0.808. The molecule has 2 aromatic rings. The lowest BCUT2D eigenvalue weighted by Crippen LogP contribution is -2.55. The van der Waals surface area contributed by atoms with Crippen molar-refractivity contribution in [3.8, 4) is 0 Å². The van der Waals surface area contributed by atoms with Crippen LogP contribution in [0.4, 0.5) is 0 Å². The topological polar surface area (TPSA) is 57.7 Å². The van der Waals surface area contributed by atoms with Gasteiger partial charge in [0.2, 0.25) is 15.9 Å². The van der Waals surface area contributed by atoms with Gasteiger partial charge in [-0.3, -0.25) is 4.79 Å². The van der Waals surface area contributed by atoms with Crippen LogP contribution in [0.1, 0.15) is 17.2 Å². The number of carbonyl (C=O) groups excluding carboxylic acids is 1. The SMILES string of the molecule is O=C1CN(S(=O)(=O)c2ccc(Cl)cc2)C[C@H]2c3ccccc3CCN12.